The SMILES string of the molecule is COc1ccccc1CC(=O)Nc1cccc(C(F)(F)F)c1. The maximum atomic E-state index is 12.6. The molecule has 0 unspecified atom stereocenters. The normalized spacial score (nSPS) is 11.1. The third-order valence-electron chi connectivity index (χ3n) is 3.02. The van der Waals surface area contributed by atoms with Crippen LogP contribution in [0.3, 0.4) is 0 Å². The van der Waals surface area contributed by atoms with Crippen molar-refractivity contribution in [3.05, 3.63) is 59.7 Å². The Labute approximate surface area is 125 Å². The number of hydrogen-bond donors (Lipinski definition) is 1. The summed E-state index contributed by atoms with van der Waals surface area (Å²) >= 11 is 0. The van der Waals surface area contributed by atoms with Crippen molar-refractivity contribution in [1.82, 2.24) is 0 Å². The van der Waals surface area contributed by atoms with Crippen LogP contribution in [0.15, 0.2) is 48.5 Å². The zero-order valence-electron chi connectivity index (χ0n) is 11.8. The Balaban J connectivity index is 2.09. The van der Waals surface area contributed by atoms with Gasteiger partial charge in [-0.05, 0) is 24.3 Å². The van der Waals surface area contributed by atoms with Gasteiger partial charge >= 0.3 is 6.18 Å². The highest BCUT2D eigenvalue weighted by molar-refractivity contribution is 5.92. The van der Waals surface area contributed by atoms with Crippen LogP contribution in [0.25, 0.3) is 0 Å². The van der Waals surface area contributed by atoms with Gasteiger partial charge in [0.1, 0.15) is 5.75 Å². The predicted molar refractivity (Wildman–Crippen MR) is 76.8 cm³/mol. The van der Waals surface area contributed by atoms with Crippen LogP contribution < -0.4 is 10.1 Å². The van der Waals surface area contributed by atoms with Gasteiger partial charge in [-0.25, -0.2) is 0 Å². The number of methoxy groups -OCH3 is 1. The Morgan fingerprint density at radius 1 is 1.14 bits per heavy atom. The highest BCUT2D eigenvalue weighted by Crippen LogP contribution is 2.30. The van der Waals surface area contributed by atoms with Crippen molar-refractivity contribution >= 4 is 11.6 Å². The first-order valence-electron chi connectivity index (χ1n) is 6.49. The number of amides is 1. The maximum absolute atomic E-state index is 12.6. The fourth-order valence-electron chi connectivity index (χ4n) is 2.00. The molecule has 22 heavy (non-hydrogen) atoms. The minimum atomic E-state index is -4.44. The van der Waals surface area contributed by atoms with Gasteiger partial charge in [0, 0.05) is 11.3 Å². The van der Waals surface area contributed by atoms with E-state index in [4.69, 9.17) is 4.74 Å². The van der Waals surface area contributed by atoms with Crippen LogP contribution in [0.2, 0.25) is 0 Å². The van der Waals surface area contributed by atoms with E-state index in [0.29, 0.717) is 11.3 Å². The van der Waals surface area contributed by atoms with Crippen LogP contribution in [0, 0.1) is 0 Å². The number of benzene rings is 2. The minimum absolute atomic E-state index is 0.0141. The van der Waals surface area contributed by atoms with Crippen LogP contribution >= 0.6 is 0 Å². The number of rotatable bonds is 4. The van der Waals surface area contributed by atoms with Crippen LogP contribution in [0.1, 0.15) is 11.1 Å². The van der Waals surface area contributed by atoms with E-state index < -0.39 is 17.6 Å². The predicted octanol–water partition coefficient (Wildman–Crippen LogP) is 3.90. The van der Waals surface area contributed by atoms with Gasteiger partial charge in [0.15, 0.2) is 0 Å². The van der Waals surface area contributed by atoms with Crippen molar-refractivity contribution in [3.63, 3.8) is 0 Å². The molecular formula is C16H14F3NO2. The van der Waals surface area contributed by atoms with Crippen LogP contribution in [0.5, 0.6) is 5.75 Å². The molecule has 0 radical (unpaired) electrons. The van der Waals surface area contributed by atoms with Gasteiger partial charge in [-0.3, -0.25) is 4.79 Å². The molecule has 0 fully saturated rings. The number of alkyl halides is 3. The molecule has 0 aromatic heterocycles. The van der Waals surface area contributed by atoms with Crippen LogP contribution in [-0.4, -0.2) is 13.0 Å². The molecule has 0 bridgehead atoms. The average molecular weight is 309 g/mol. The summed E-state index contributed by atoms with van der Waals surface area (Å²) in [7, 11) is 1.49. The van der Waals surface area contributed by atoms with Gasteiger partial charge in [0.25, 0.3) is 0 Å². The van der Waals surface area contributed by atoms with Gasteiger partial charge < -0.3 is 10.1 Å². The second kappa shape index (κ2) is 6.51. The summed E-state index contributed by atoms with van der Waals surface area (Å²) in [4.78, 5) is 12.0. The molecular weight excluding hydrogens is 295 g/mol. The summed E-state index contributed by atoms with van der Waals surface area (Å²) in [6, 6.07) is 11.5. The smallest absolute Gasteiger partial charge is 0.416 e. The summed E-state index contributed by atoms with van der Waals surface area (Å²) in [5.74, 6) is 0.144. The second-order valence-electron chi connectivity index (χ2n) is 4.62. The van der Waals surface area contributed by atoms with E-state index in [0.717, 1.165) is 12.1 Å². The first kappa shape index (κ1) is 15.9. The number of ether oxygens (including phenoxy) is 1. The summed E-state index contributed by atoms with van der Waals surface area (Å²) in [6.45, 7) is 0. The Bertz CT molecular complexity index is 668. The van der Waals surface area contributed by atoms with E-state index in [9.17, 15) is 18.0 Å². The van der Waals surface area contributed by atoms with Crippen LogP contribution in [-0.2, 0) is 17.4 Å². The number of carbonyl (C=O) groups is 1. The number of nitrogens with one attached hydrogen (secondary N) is 1. The van der Waals surface area contributed by atoms with E-state index in [1.165, 1.54) is 19.2 Å². The van der Waals surface area contributed by atoms with Crippen molar-refractivity contribution in [3.8, 4) is 5.75 Å². The monoisotopic (exact) mass is 309 g/mol. The number of halogens is 3. The quantitative estimate of drug-likeness (QED) is 0.930. The van der Waals surface area contributed by atoms with Crippen molar-refractivity contribution in [2.75, 3.05) is 12.4 Å². The van der Waals surface area contributed by atoms with E-state index in [2.05, 4.69) is 5.32 Å². The minimum Gasteiger partial charge on any atom is -0.496 e. The number of hydrogen-bond acceptors (Lipinski definition) is 2. The Kier molecular flexibility index (Phi) is 4.70. The lowest BCUT2D eigenvalue weighted by Gasteiger charge is -2.11. The summed E-state index contributed by atoms with van der Waals surface area (Å²) in [5, 5.41) is 2.46. The third kappa shape index (κ3) is 4.00. The molecule has 0 heterocycles. The number of anilines is 1. The van der Waals surface area contributed by atoms with Gasteiger partial charge in [-0.1, -0.05) is 24.3 Å². The molecule has 0 saturated carbocycles. The van der Waals surface area contributed by atoms with Crippen LogP contribution in [0.4, 0.5) is 18.9 Å². The van der Waals surface area contributed by atoms with E-state index in [1.807, 2.05) is 0 Å². The molecule has 2 aromatic rings. The second-order valence-corrected chi connectivity index (χ2v) is 4.62. The lowest BCUT2D eigenvalue weighted by Crippen LogP contribution is -2.15. The molecule has 0 aliphatic rings. The Morgan fingerprint density at radius 2 is 1.86 bits per heavy atom. The van der Waals surface area contributed by atoms with Crippen molar-refractivity contribution in [1.29, 1.82) is 0 Å². The fraction of sp³-hybridized carbons (Fsp3) is 0.188. The van der Waals surface area contributed by atoms with E-state index >= 15 is 0 Å². The zero-order valence-corrected chi connectivity index (χ0v) is 11.8. The standard InChI is InChI=1S/C16H14F3NO2/c1-22-14-8-3-2-5-11(14)9-15(21)20-13-7-4-6-12(10-13)16(17,18)19/h2-8,10H,9H2,1H3,(H,20,21). The topological polar surface area (TPSA) is 38.3 Å². The van der Waals surface area contributed by atoms with Crippen molar-refractivity contribution in [2.24, 2.45) is 0 Å². The molecule has 0 aliphatic carbocycles. The molecule has 2 rings (SSSR count). The number of para-hydroxylation sites is 1. The largest absolute Gasteiger partial charge is 0.496 e. The highest BCUT2D eigenvalue weighted by atomic mass is 19.4. The molecule has 6 heteroatoms. The Morgan fingerprint density at radius 3 is 2.55 bits per heavy atom. The molecule has 1 amide bonds. The van der Waals surface area contributed by atoms with Crippen molar-refractivity contribution < 1.29 is 22.7 Å². The zero-order chi connectivity index (χ0) is 16.2. The maximum Gasteiger partial charge on any atom is 0.416 e. The summed E-state index contributed by atoms with van der Waals surface area (Å²) in [5.41, 5.74) is -0.0354. The van der Waals surface area contributed by atoms with Gasteiger partial charge in [0.05, 0.1) is 19.1 Å². The van der Waals surface area contributed by atoms with Gasteiger partial charge in [-0.15, -0.1) is 0 Å². The molecule has 0 spiro atoms. The van der Waals surface area contributed by atoms with E-state index in [1.54, 1.807) is 24.3 Å². The lowest BCUT2D eigenvalue weighted by atomic mass is 10.1. The lowest BCUT2D eigenvalue weighted by molar-refractivity contribution is -0.137. The third-order valence-corrected chi connectivity index (χ3v) is 3.02. The number of carbonyl (C=O) groups excluding carboxylic acids is 1. The first-order valence-corrected chi connectivity index (χ1v) is 6.49. The van der Waals surface area contributed by atoms with Gasteiger partial charge in [0.2, 0.25) is 5.91 Å². The molecule has 116 valence electrons. The fourth-order valence-corrected chi connectivity index (χ4v) is 2.00. The molecule has 0 saturated heterocycles. The van der Waals surface area contributed by atoms with Crippen molar-refractivity contribution in [2.45, 2.75) is 12.6 Å². The van der Waals surface area contributed by atoms with E-state index in [-0.39, 0.29) is 12.1 Å². The molecule has 2 aromatic carbocycles. The molecule has 1 N–H and O–H groups in total. The first-order chi connectivity index (χ1) is 10.4. The summed E-state index contributed by atoms with van der Waals surface area (Å²) in [6.07, 6.45) is -4.43. The molecule has 0 atom stereocenters. The summed E-state index contributed by atoms with van der Waals surface area (Å²) < 4.78 is 43.0. The highest BCUT2D eigenvalue weighted by Gasteiger charge is 2.30. The average Bonchev–Trinajstić information content (AvgIpc) is 2.47. The van der Waals surface area contributed by atoms with Gasteiger partial charge in [-0.2, -0.15) is 13.2 Å². The molecule has 3 nitrogen and oxygen atoms in total. The Hall–Kier alpha value is -2.50. The molecule has 0 aliphatic heterocycles.